The van der Waals surface area contributed by atoms with Gasteiger partial charge in [-0.15, -0.1) is 0 Å². The molecule has 0 saturated carbocycles. The van der Waals surface area contributed by atoms with E-state index >= 15 is 0 Å². The highest BCUT2D eigenvalue weighted by Crippen LogP contribution is 2.26. The van der Waals surface area contributed by atoms with Crippen molar-refractivity contribution >= 4 is 33.2 Å². The minimum Gasteiger partial charge on any atom is -0.356 e. The third kappa shape index (κ3) is 7.71. The predicted octanol–water partition coefficient (Wildman–Crippen LogP) is 4.25. The fourth-order valence-corrected chi connectivity index (χ4v) is 4.24. The van der Waals surface area contributed by atoms with Crippen molar-refractivity contribution in [1.82, 2.24) is 5.32 Å². The lowest BCUT2D eigenvalue weighted by Crippen LogP contribution is -2.32. The number of nitrogens with zero attached hydrogens (tertiary/aromatic N) is 1. The second-order valence-electron chi connectivity index (χ2n) is 7.31. The first-order valence-electron chi connectivity index (χ1n) is 9.73. The molecule has 0 aliphatic carbocycles. The second kappa shape index (κ2) is 10.6. The van der Waals surface area contributed by atoms with Crippen LogP contribution in [0.15, 0.2) is 42.5 Å². The Balaban J connectivity index is 1.79. The van der Waals surface area contributed by atoms with Crippen molar-refractivity contribution < 1.29 is 13.2 Å². The molecule has 1 amide bonds. The number of hydrogen-bond donors (Lipinski definition) is 1. The Bertz CT molecular complexity index is 928. The van der Waals surface area contributed by atoms with Crippen molar-refractivity contribution in [2.45, 2.75) is 39.5 Å². The van der Waals surface area contributed by atoms with Crippen molar-refractivity contribution in [2.24, 2.45) is 0 Å². The van der Waals surface area contributed by atoms with Crippen LogP contribution < -0.4 is 9.62 Å². The van der Waals surface area contributed by atoms with Crippen molar-refractivity contribution in [3.63, 3.8) is 0 Å². The first-order chi connectivity index (χ1) is 13.7. The molecule has 29 heavy (non-hydrogen) atoms. The van der Waals surface area contributed by atoms with E-state index in [9.17, 15) is 13.2 Å². The van der Waals surface area contributed by atoms with Gasteiger partial charge in [0.1, 0.15) is 0 Å². The van der Waals surface area contributed by atoms with E-state index in [1.807, 2.05) is 6.92 Å². The van der Waals surface area contributed by atoms with Gasteiger partial charge in [0.15, 0.2) is 0 Å². The lowest BCUT2D eigenvalue weighted by molar-refractivity contribution is -0.121. The average Bonchev–Trinajstić information content (AvgIpc) is 2.65. The van der Waals surface area contributed by atoms with E-state index in [2.05, 4.69) is 36.5 Å². The van der Waals surface area contributed by atoms with Gasteiger partial charge in [0.05, 0.1) is 11.9 Å². The Morgan fingerprint density at radius 2 is 1.76 bits per heavy atom. The van der Waals surface area contributed by atoms with E-state index in [4.69, 9.17) is 11.6 Å². The highest BCUT2D eigenvalue weighted by atomic mass is 35.5. The molecule has 1 N–H and O–H groups in total. The summed E-state index contributed by atoms with van der Waals surface area (Å²) in [6, 6.07) is 13.5. The number of halogens is 1. The standard InChI is InChI=1S/C22H29ClN2O3S/c1-17-8-11-19(12-9-17)6-4-14-24-22(26)7-5-15-25(29(3,27)28)21-16-20(23)13-10-18(21)2/h8-13,16H,4-7,14-15H2,1-3H3,(H,24,26). The number of hydrogen-bond acceptors (Lipinski definition) is 3. The van der Waals surface area contributed by atoms with Crippen molar-refractivity contribution in [3.8, 4) is 0 Å². The SMILES string of the molecule is Cc1ccc(CCCNC(=O)CCCN(c2cc(Cl)ccc2C)S(C)(=O)=O)cc1. The van der Waals surface area contributed by atoms with E-state index < -0.39 is 10.0 Å². The largest absolute Gasteiger partial charge is 0.356 e. The number of nitrogens with one attached hydrogen (secondary N) is 1. The summed E-state index contributed by atoms with van der Waals surface area (Å²) in [4.78, 5) is 12.1. The summed E-state index contributed by atoms with van der Waals surface area (Å²) in [5, 5.41) is 3.39. The number of aryl methyl sites for hydroxylation is 3. The van der Waals surface area contributed by atoms with Crippen molar-refractivity contribution in [3.05, 3.63) is 64.2 Å². The topological polar surface area (TPSA) is 66.5 Å². The number of sulfonamides is 1. The number of rotatable bonds is 10. The number of benzene rings is 2. The van der Waals surface area contributed by atoms with Crippen LogP contribution in [0.5, 0.6) is 0 Å². The average molecular weight is 437 g/mol. The lowest BCUT2D eigenvalue weighted by atomic mass is 10.1. The Morgan fingerprint density at radius 3 is 2.41 bits per heavy atom. The van der Waals surface area contributed by atoms with Gasteiger partial charge >= 0.3 is 0 Å². The molecule has 5 nitrogen and oxygen atoms in total. The van der Waals surface area contributed by atoms with Gasteiger partial charge in [0.25, 0.3) is 0 Å². The predicted molar refractivity (Wildman–Crippen MR) is 120 cm³/mol. The monoisotopic (exact) mass is 436 g/mol. The smallest absolute Gasteiger partial charge is 0.232 e. The van der Waals surface area contributed by atoms with Gasteiger partial charge in [-0.25, -0.2) is 8.42 Å². The molecule has 0 spiro atoms. The molecule has 0 aliphatic rings. The van der Waals surface area contributed by atoms with Gasteiger partial charge in [0, 0.05) is 24.5 Å². The molecule has 0 heterocycles. The summed E-state index contributed by atoms with van der Waals surface area (Å²) in [7, 11) is -3.47. The number of amides is 1. The Morgan fingerprint density at radius 1 is 1.07 bits per heavy atom. The van der Waals surface area contributed by atoms with Crippen LogP contribution in [0.1, 0.15) is 36.0 Å². The second-order valence-corrected chi connectivity index (χ2v) is 9.65. The van der Waals surface area contributed by atoms with Crippen LogP contribution in [0, 0.1) is 13.8 Å². The quantitative estimate of drug-likeness (QED) is 0.566. The zero-order chi connectivity index (χ0) is 21.4. The Labute approximate surface area is 179 Å². The molecule has 2 aromatic rings. The van der Waals surface area contributed by atoms with Crippen LogP contribution in [0.2, 0.25) is 5.02 Å². The van der Waals surface area contributed by atoms with Gasteiger partial charge in [0.2, 0.25) is 15.9 Å². The van der Waals surface area contributed by atoms with Gasteiger partial charge in [-0.05, 0) is 56.4 Å². The van der Waals surface area contributed by atoms with E-state index in [0.29, 0.717) is 23.7 Å². The first kappa shape index (κ1) is 23.2. The lowest BCUT2D eigenvalue weighted by Gasteiger charge is -2.24. The minimum atomic E-state index is -3.47. The molecule has 0 aromatic heterocycles. The number of carbonyl (C=O) groups is 1. The molecule has 7 heteroatoms. The van der Waals surface area contributed by atoms with Crippen LogP contribution in [-0.4, -0.2) is 33.7 Å². The van der Waals surface area contributed by atoms with Gasteiger partial charge < -0.3 is 5.32 Å². The molecular formula is C22H29ClN2O3S. The summed E-state index contributed by atoms with van der Waals surface area (Å²) in [5.74, 6) is -0.0647. The number of anilines is 1. The molecule has 0 aliphatic heterocycles. The molecule has 0 fully saturated rings. The molecular weight excluding hydrogens is 408 g/mol. The van der Waals surface area contributed by atoms with E-state index in [1.165, 1.54) is 21.7 Å². The minimum absolute atomic E-state index is 0.0647. The summed E-state index contributed by atoms with van der Waals surface area (Å²) in [5.41, 5.74) is 3.86. The van der Waals surface area contributed by atoms with E-state index in [0.717, 1.165) is 18.4 Å². The molecule has 0 radical (unpaired) electrons. The van der Waals surface area contributed by atoms with Crippen LogP contribution in [-0.2, 0) is 21.2 Å². The zero-order valence-corrected chi connectivity index (χ0v) is 18.8. The summed E-state index contributed by atoms with van der Waals surface area (Å²) < 4.78 is 25.8. The fraction of sp³-hybridized carbons (Fsp3) is 0.409. The first-order valence-corrected chi connectivity index (χ1v) is 12.0. The summed E-state index contributed by atoms with van der Waals surface area (Å²) >= 11 is 6.03. The molecule has 158 valence electrons. The number of carbonyl (C=O) groups excluding carboxylic acids is 1. The normalized spacial score (nSPS) is 11.3. The maximum absolute atomic E-state index is 12.2. The maximum atomic E-state index is 12.2. The van der Waals surface area contributed by atoms with Crippen molar-refractivity contribution in [2.75, 3.05) is 23.7 Å². The highest BCUT2D eigenvalue weighted by Gasteiger charge is 2.19. The Hall–Kier alpha value is -2.05. The third-order valence-electron chi connectivity index (χ3n) is 4.69. The molecule has 2 aromatic carbocycles. The third-order valence-corrected chi connectivity index (χ3v) is 6.11. The zero-order valence-electron chi connectivity index (χ0n) is 17.2. The maximum Gasteiger partial charge on any atom is 0.232 e. The van der Waals surface area contributed by atoms with Crippen molar-refractivity contribution in [1.29, 1.82) is 0 Å². The van der Waals surface area contributed by atoms with Gasteiger partial charge in [-0.1, -0.05) is 47.5 Å². The van der Waals surface area contributed by atoms with Gasteiger partial charge in [-0.2, -0.15) is 0 Å². The molecule has 2 rings (SSSR count). The Kier molecular flexibility index (Phi) is 8.53. The highest BCUT2D eigenvalue weighted by molar-refractivity contribution is 7.92. The molecule has 0 bridgehead atoms. The molecule has 0 saturated heterocycles. The molecule has 0 atom stereocenters. The van der Waals surface area contributed by atoms with Gasteiger partial charge in [-0.3, -0.25) is 9.10 Å². The van der Waals surface area contributed by atoms with E-state index in [1.54, 1.807) is 18.2 Å². The fourth-order valence-electron chi connectivity index (χ4n) is 3.06. The molecule has 0 unspecified atom stereocenters. The van der Waals surface area contributed by atoms with Crippen LogP contribution in [0.3, 0.4) is 0 Å². The summed E-state index contributed by atoms with van der Waals surface area (Å²) in [6.07, 6.45) is 3.65. The van der Waals surface area contributed by atoms with Crippen LogP contribution >= 0.6 is 11.6 Å². The van der Waals surface area contributed by atoms with Crippen LogP contribution in [0.4, 0.5) is 5.69 Å². The van der Waals surface area contributed by atoms with Crippen LogP contribution in [0.25, 0.3) is 0 Å². The summed E-state index contributed by atoms with van der Waals surface area (Å²) in [6.45, 7) is 4.74. The van der Waals surface area contributed by atoms with E-state index in [-0.39, 0.29) is 18.9 Å².